The fraction of sp³-hybridized carbons (Fsp3) is 0.783. The number of aliphatic hydroxyl groups is 1. The summed E-state index contributed by atoms with van der Waals surface area (Å²) in [6.45, 7) is 12.9. The number of hydrogen-bond acceptors (Lipinski definition) is 5. The van der Waals surface area contributed by atoms with E-state index in [9.17, 15) is 9.90 Å². The van der Waals surface area contributed by atoms with Gasteiger partial charge in [0.25, 0.3) is 0 Å². The predicted octanol–water partition coefficient (Wildman–Crippen LogP) is 3.68. The average Bonchev–Trinajstić information content (AvgIpc) is 3.15. The van der Waals surface area contributed by atoms with Crippen molar-refractivity contribution in [2.24, 2.45) is 22.7 Å². The summed E-state index contributed by atoms with van der Waals surface area (Å²) in [6.07, 6.45) is 4.16. The third kappa shape index (κ3) is 3.21. The Morgan fingerprint density at radius 1 is 1.25 bits per heavy atom. The van der Waals surface area contributed by atoms with E-state index in [1.54, 1.807) is 0 Å². The molecule has 7 unspecified atom stereocenters. The Kier molecular flexibility index (Phi) is 4.70. The molecule has 0 bridgehead atoms. The molecule has 2 aliphatic heterocycles. The van der Waals surface area contributed by atoms with E-state index in [-0.39, 0.29) is 28.8 Å². The van der Waals surface area contributed by atoms with E-state index in [0.29, 0.717) is 36.1 Å². The molecule has 4 aliphatic rings. The van der Waals surface area contributed by atoms with Crippen molar-refractivity contribution in [1.29, 1.82) is 0 Å². The van der Waals surface area contributed by atoms with Gasteiger partial charge in [0.05, 0.1) is 6.10 Å². The molecule has 1 saturated heterocycles. The topological polar surface area (TPSA) is 67.8 Å². The second-order valence-electron chi connectivity index (χ2n) is 10.7. The average molecular weight is 390 g/mol. The fourth-order valence-corrected chi connectivity index (χ4v) is 5.35. The van der Waals surface area contributed by atoms with E-state index < -0.39 is 12.3 Å². The van der Waals surface area contributed by atoms with Crippen LogP contribution in [0.4, 0.5) is 0 Å². The molecule has 0 radical (unpaired) electrons. The van der Waals surface area contributed by atoms with Gasteiger partial charge in [-0.05, 0) is 42.9 Å². The number of fused-ring (bicyclic) bond motifs is 1. The Morgan fingerprint density at radius 2 is 1.96 bits per heavy atom. The van der Waals surface area contributed by atoms with Gasteiger partial charge in [0.2, 0.25) is 0 Å². The number of carbonyl (C=O) groups is 1. The molecule has 0 aromatic rings. The molecule has 0 amide bonds. The number of Topliss-reactive ketones (excluding diaryl/α,β-unsaturated/α-hetero) is 1. The quantitative estimate of drug-likeness (QED) is 0.670. The molecule has 156 valence electrons. The van der Waals surface area contributed by atoms with Crippen molar-refractivity contribution >= 4 is 5.78 Å². The molecule has 2 N–H and O–H groups in total. The highest BCUT2D eigenvalue weighted by Gasteiger charge is 2.50. The summed E-state index contributed by atoms with van der Waals surface area (Å²) >= 11 is 0. The van der Waals surface area contributed by atoms with E-state index in [2.05, 4.69) is 52.9 Å². The highest BCUT2D eigenvalue weighted by molar-refractivity contribution is 5.96. The molecular formula is C23H35NO4. The third-order valence-electron chi connectivity index (χ3n) is 7.73. The first kappa shape index (κ1) is 20.0. The Bertz CT molecular complexity index is 733. The van der Waals surface area contributed by atoms with Crippen LogP contribution in [0.2, 0.25) is 0 Å². The van der Waals surface area contributed by atoms with E-state index >= 15 is 0 Å². The molecule has 0 spiro atoms. The second-order valence-corrected chi connectivity index (χ2v) is 10.7. The van der Waals surface area contributed by atoms with Crippen LogP contribution in [0, 0.1) is 22.7 Å². The van der Waals surface area contributed by atoms with Gasteiger partial charge >= 0.3 is 0 Å². The van der Waals surface area contributed by atoms with Crippen LogP contribution in [-0.4, -0.2) is 35.4 Å². The van der Waals surface area contributed by atoms with Crippen LogP contribution < -0.4 is 5.32 Å². The summed E-state index contributed by atoms with van der Waals surface area (Å²) in [7, 11) is 0. The van der Waals surface area contributed by atoms with Gasteiger partial charge in [-0.1, -0.05) is 46.3 Å². The van der Waals surface area contributed by atoms with Crippen molar-refractivity contribution in [3.63, 3.8) is 0 Å². The summed E-state index contributed by atoms with van der Waals surface area (Å²) in [6, 6.07) is 0. The molecular weight excluding hydrogens is 354 g/mol. The fourth-order valence-electron chi connectivity index (χ4n) is 5.35. The Hall–Kier alpha value is -1.33. The lowest BCUT2D eigenvalue weighted by Gasteiger charge is -2.42. The number of ketones is 1. The molecule has 1 fully saturated rings. The zero-order chi connectivity index (χ0) is 20.4. The van der Waals surface area contributed by atoms with Crippen LogP contribution in [0.15, 0.2) is 23.1 Å². The number of hydrogen-bond donors (Lipinski definition) is 2. The summed E-state index contributed by atoms with van der Waals surface area (Å²) in [5, 5.41) is 14.2. The normalized spacial score (nSPS) is 43.7. The summed E-state index contributed by atoms with van der Waals surface area (Å²) in [4.78, 5) is 13.0. The molecule has 4 rings (SSSR count). The minimum atomic E-state index is -0.770. The van der Waals surface area contributed by atoms with Crippen molar-refractivity contribution in [1.82, 2.24) is 5.32 Å². The molecule has 28 heavy (non-hydrogen) atoms. The highest BCUT2D eigenvalue weighted by atomic mass is 16.6. The third-order valence-corrected chi connectivity index (χ3v) is 7.73. The number of nitrogens with one attached hydrogen (secondary N) is 1. The standard InChI is InChI=1S/C23H35NO4/c1-12-7-13(2)14-9-18(27-17(14)8-12)21-24-19-15(25)10-23(6,22(3,4)5)11-16(26)20(19)28-21/h7,12,14,16-18,21,24,26H,8-11H2,1-6H3. The van der Waals surface area contributed by atoms with Crippen molar-refractivity contribution < 1.29 is 19.4 Å². The zero-order valence-electron chi connectivity index (χ0n) is 18.0. The molecule has 0 aromatic heterocycles. The summed E-state index contributed by atoms with van der Waals surface area (Å²) in [5.41, 5.74) is 1.49. The van der Waals surface area contributed by atoms with Crippen LogP contribution in [-0.2, 0) is 14.3 Å². The van der Waals surface area contributed by atoms with Gasteiger partial charge < -0.3 is 19.9 Å². The molecule has 2 heterocycles. The van der Waals surface area contributed by atoms with Crippen LogP contribution in [0.1, 0.15) is 67.2 Å². The monoisotopic (exact) mass is 389 g/mol. The second kappa shape index (κ2) is 6.60. The lowest BCUT2D eigenvalue weighted by molar-refractivity contribution is -0.120. The summed E-state index contributed by atoms with van der Waals surface area (Å²) < 4.78 is 12.5. The van der Waals surface area contributed by atoms with Crippen LogP contribution >= 0.6 is 0 Å². The van der Waals surface area contributed by atoms with Crippen molar-refractivity contribution in [3.05, 3.63) is 23.1 Å². The maximum absolute atomic E-state index is 13.0. The van der Waals surface area contributed by atoms with Gasteiger partial charge in [0.1, 0.15) is 17.9 Å². The van der Waals surface area contributed by atoms with Gasteiger partial charge in [0, 0.05) is 12.3 Å². The van der Waals surface area contributed by atoms with Gasteiger partial charge in [0.15, 0.2) is 17.8 Å². The maximum atomic E-state index is 13.0. The number of ether oxygens (including phenoxy) is 2. The molecule has 0 saturated carbocycles. The number of rotatable bonds is 1. The number of carbonyl (C=O) groups excluding carboxylic acids is 1. The maximum Gasteiger partial charge on any atom is 0.196 e. The largest absolute Gasteiger partial charge is 0.467 e. The first-order valence-corrected chi connectivity index (χ1v) is 10.7. The van der Waals surface area contributed by atoms with Gasteiger partial charge in [-0.15, -0.1) is 0 Å². The Morgan fingerprint density at radius 3 is 2.64 bits per heavy atom. The zero-order valence-corrected chi connectivity index (χ0v) is 18.0. The van der Waals surface area contributed by atoms with Crippen LogP contribution in [0.5, 0.6) is 0 Å². The molecule has 2 aliphatic carbocycles. The number of aliphatic hydroxyl groups excluding tert-OH is 1. The van der Waals surface area contributed by atoms with E-state index in [1.165, 1.54) is 5.57 Å². The van der Waals surface area contributed by atoms with Gasteiger partial charge in [-0.2, -0.15) is 0 Å². The van der Waals surface area contributed by atoms with Crippen molar-refractivity contribution in [2.45, 2.75) is 91.8 Å². The van der Waals surface area contributed by atoms with Crippen molar-refractivity contribution in [2.75, 3.05) is 0 Å². The van der Waals surface area contributed by atoms with E-state index in [1.807, 2.05) is 0 Å². The number of allylic oxidation sites excluding steroid dienone is 2. The van der Waals surface area contributed by atoms with Crippen molar-refractivity contribution in [3.8, 4) is 0 Å². The molecule has 5 nitrogen and oxygen atoms in total. The highest BCUT2D eigenvalue weighted by Crippen LogP contribution is 2.49. The van der Waals surface area contributed by atoms with Crippen LogP contribution in [0.3, 0.4) is 0 Å². The Balaban J connectivity index is 1.49. The molecule has 0 aromatic carbocycles. The minimum absolute atomic E-state index is 0.0339. The van der Waals surface area contributed by atoms with Gasteiger partial charge in [-0.25, -0.2) is 0 Å². The lowest BCUT2D eigenvalue weighted by Crippen LogP contribution is -2.41. The van der Waals surface area contributed by atoms with E-state index in [0.717, 1.165) is 12.8 Å². The smallest absolute Gasteiger partial charge is 0.196 e. The minimum Gasteiger partial charge on any atom is -0.467 e. The lowest BCUT2D eigenvalue weighted by atomic mass is 9.63. The summed E-state index contributed by atoms with van der Waals surface area (Å²) in [5.74, 6) is 1.41. The first-order chi connectivity index (χ1) is 13.0. The SMILES string of the molecule is CC1=CC(C)CC2OC(C3NC4=C(O3)C(O)CC(C)(C(C)(C)C)CC4=O)CC12. The molecule has 7 atom stereocenters. The predicted molar refractivity (Wildman–Crippen MR) is 107 cm³/mol. The van der Waals surface area contributed by atoms with E-state index in [4.69, 9.17) is 9.47 Å². The molecule has 5 heteroatoms. The Labute approximate surface area is 168 Å². The van der Waals surface area contributed by atoms with Crippen LogP contribution in [0.25, 0.3) is 0 Å². The first-order valence-electron chi connectivity index (χ1n) is 10.7. The van der Waals surface area contributed by atoms with Gasteiger partial charge in [-0.3, -0.25) is 4.79 Å².